The van der Waals surface area contributed by atoms with E-state index in [2.05, 4.69) is 31.8 Å². The van der Waals surface area contributed by atoms with Crippen LogP contribution in [0.2, 0.25) is 0 Å². The van der Waals surface area contributed by atoms with Crippen LogP contribution >= 0.6 is 0 Å². The SMILES string of the molecule is Cc1cnccc1N1CCN(C(=O)c2ccnc3nc[nH]c23)CC1. The predicted octanol–water partition coefficient (Wildman–Crippen LogP) is 1.62. The van der Waals surface area contributed by atoms with Crippen LogP contribution in [0.15, 0.2) is 37.1 Å². The van der Waals surface area contributed by atoms with Gasteiger partial charge in [0.15, 0.2) is 5.65 Å². The Bertz CT molecular complexity index is 881. The van der Waals surface area contributed by atoms with Gasteiger partial charge >= 0.3 is 0 Å². The van der Waals surface area contributed by atoms with E-state index in [1.165, 1.54) is 5.69 Å². The van der Waals surface area contributed by atoms with Crippen LogP contribution in [0, 0.1) is 6.92 Å². The molecule has 1 saturated heterocycles. The fourth-order valence-corrected chi connectivity index (χ4v) is 3.17. The number of nitrogens with one attached hydrogen (secondary N) is 1. The number of amides is 1. The number of piperazine rings is 1. The number of carbonyl (C=O) groups is 1. The van der Waals surface area contributed by atoms with Crippen LogP contribution in [0.1, 0.15) is 15.9 Å². The molecule has 0 bridgehead atoms. The molecular weight excluding hydrogens is 304 g/mol. The topological polar surface area (TPSA) is 78.0 Å². The summed E-state index contributed by atoms with van der Waals surface area (Å²) in [6.07, 6.45) is 6.89. The minimum absolute atomic E-state index is 0.0257. The molecule has 1 N–H and O–H groups in total. The fraction of sp³-hybridized carbons (Fsp3) is 0.294. The second-order valence-corrected chi connectivity index (χ2v) is 5.90. The molecule has 24 heavy (non-hydrogen) atoms. The molecule has 7 nitrogen and oxygen atoms in total. The van der Waals surface area contributed by atoms with Crippen molar-refractivity contribution in [2.75, 3.05) is 31.1 Å². The molecule has 3 aromatic rings. The lowest BCUT2D eigenvalue weighted by molar-refractivity contribution is 0.0748. The van der Waals surface area contributed by atoms with Gasteiger partial charge in [-0.25, -0.2) is 9.97 Å². The number of pyridine rings is 2. The number of aromatic nitrogens is 4. The average Bonchev–Trinajstić information content (AvgIpc) is 3.10. The molecule has 122 valence electrons. The molecule has 0 aromatic carbocycles. The van der Waals surface area contributed by atoms with Gasteiger partial charge in [0.05, 0.1) is 17.4 Å². The average molecular weight is 322 g/mol. The van der Waals surface area contributed by atoms with Crippen LogP contribution in [0.25, 0.3) is 11.2 Å². The Balaban J connectivity index is 1.51. The van der Waals surface area contributed by atoms with Crippen LogP contribution in [-0.2, 0) is 0 Å². The van der Waals surface area contributed by atoms with E-state index in [4.69, 9.17) is 0 Å². The number of fused-ring (bicyclic) bond motifs is 1. The minimum atomic E-state index is 0.0257. The highest BCUT2D eigenvalue weighted by molar-refractivity contribution is 6.03. The van der Waals surface area contributed by atoms with E-state index < -0.39 is 0 Å². The summed E-state index contributed by atoms with van der Waals surface area (Å²) in [6, 6.07) is 3.78. The van der Waals surface area contributed by atoms with Gasteiger partial charge in [-0.05, 0) is 24.6 Å². The highest BCUT2D eigenvalue weighted by atomic mass is 16.2. The lowest BCUT2D eigenvalue weighted by atomic mass is 10.1. The highest BCUT2D eigenvalue weighted by Gasteiger charge is 2.24. The lowest BCUT2D eigenvalue weighted by Gasteiger charge is -2.36. The summed E-state index contributed by atoms with van der Waals surface area (Å²) in [6.45, 7) is 5.07. The first-order chi connectivity index (χ1) is 11.7. The normalized spacial score (nSPS) is 15.0. The number of aryl methyl sites for hydroxylation is 1. The molecule has 0 radical (unpaired) electrons. The fourth-order valence-electron chi connectivity index (χ4n) is 3.17. The minimum Gasteiger partial charge on any atom is -0.368 e. The molecule has 0 unspecified atom stereocenters. The molecule has 1 fully saturated rings. The van der Waals surface area contributed by atoms with E-state index in [-0.39, 0.29) is 5.91 Å². The van der Waals surface area contributed by atoms with Crippen molar-refractivity contribution in [1.82, 2.24) is 24.8 Å². The number of H-pyrrole nitrogens is 1. The number of rotatable bonds is 2. The second-order valence-electron chi connectivity index (χ2n) is 5.90. The van der Waals surface area contributed by atoms with E-state index in [9.17, 15) is 4.79 Å². The van der Waals surface area contributed by atoms with E-state index in [0.717, 1.165) is 18.7 Å². The van der Waals surface area contributed by atoms with Crippen molar-refractivity contribution in [3.8, 4) is 0 Å². The van der Waals surface area contributed by atoms with Crippen molar-refractivity contribution in [3.63, 3.8) is 0 Å². The monoisotopic (exact) mass is 322 g/mol. The van der Waals surface area contributed by atoms with Crippen molar-refractivity contribution in [2.45, 2.75) is 6.92 Å². The molecular formula is C17H18N6O. The van der Waals surface area contributed by atoms with Crippen LogP contribution in [-0.4, -0.2) is 56.9 Å². The third kappa shape index (κ3) is 2.47. The summed E-state index contributed by atoms with van der Waals surface area (Å²) in [5.41, 5.74) is 4.26. The summed E-state index contributed by atoms with van der Waals surface area (Å²) < 4.78 is 0. The number of anilines is 1. The van der Waals surface area contributed by atoms with Gasteiger partial charge in [0.2, 0.25) is 0 Å². The molecule has 4 heterocycles. The van der Waals surface area contributed by atoms with Crippen molar-refractivity contribution >= 4 is 22.8 Å². The summed E-state index contributed by atoms with van der Waals surface area (Å²) >= 11 is 0. The number of nitrogens with zero attached hydrogens (tertiary/aromatic N) is 5. The number of aromatic amines is 1. The summed E-state index contributed by atoms with van der Waals surface area (Å²) in [7, 11) is 0. The van der Waals surface area contributed by atoms with Crippen LogP contribution in [0.5, 0.6) is 0 Å². The molecule has 1 amide bonds. The molecule has 0 atom stereocenters. The zero-order chi connectivity index (χ0) is 16.5. The van der Waals surface area contributed by atoms with Crippen LogP contribution in [0.4, 0.5) is 5.69 Å². The maximum atomic E-state index is 12.8. The third-order valence-corrected chi connectivity index (χ3v) is 4.46. The van der Waals surface area contributed by atoms with E-state index in [0.29, 0.717) is 29.8 Å². The first-order valence-corrected chi connectivity index (χ1v) is 7.97. The van der Waals surface area contributed by atoms with Crippen LogP contribution in [0.3, 0.4) is 0 Å². The number of imidazole rings is 1. The van der Waals surface area contributed by atoms with E-state index in [1.807, 2.05) is 23.4 Å². The molecule has 4 rings (SSSR count). The largest absolute Gasteiger partial charge is 0.368 e. The Kier molecular flexibility index (Phi) is 3.60. The number of hydrogen-bond donors (Lipinski definition) is 1. The smallest absolute Gasteiger partial charge is 0.256 e. The Morgan fingerprint density at radius 3 is 2.75 bits per heavy atom. The summed E-state index contributed by atoms with van der Waals surface area (Å²) in [5, 5.41) is 0. The molecule has 1 aliphatic rings. The molecule has 0 spiro atoms. The Hall–Kier alpha value is -2.96. The molecule has 0 aliphatic carbocycles. The zero-order valence-corrected chi connectivity index (χ0v) is 13.4. The van der Waals surface area contributed by atoms with Gasteiger partial charge in [-0.2, -0.15) is 0 Å². The van der Waals surface area contributed by atoms with Crippen molar-refractivity contribution in [3.05, 3.63) is 48.2 Å². The first kappa shape index (κ1) is 14.6. The van der Waals surface area contributed by atoms with Crippen molar-refractivity contribution in [2.24, 2.45) is 0 Å². The molecule has 1 aliphatic heterocycles. The highest BCUT2D eigenvalue weighted by Crippen LogP contribution is 2.21. The standard InChI is InChI=1S/C17H18N6O/c1-12-10-18-4-3-14(12)22-6-8-23(9-7-22)17(24)13-2-5-19-16-15(13)20-11-21-16/h2-5,10-11H,6-9H2,1H3,(H,19,20,21). The number of carbonyl (C=O) groups excluding carboxylic acids is 1. The first-order valence-electron chi connectivity index (χ1n) is 7.97. The van der Waals surface area contributed by atoms with Gasteiger partial charge in [0.1, 0.15) is 0 Å². The van der Waals surface area contributed by atoms with Gasteiger partial charge < -0.3 is 14.8 Å². The third-order valence-electron chi connectivity index (χ3n) is 4.46. The Morgan fingerprint density at radius 1 is 1.12 bits per heavy atom. The second kappa shape index (κ2) is 5.92. The van der Waals surface area contributed by atoms with Gasteiger partial charge in [0.25, 0.3) is 5.91 Å². The van der Waals surface area contributed by atoms with E-state index in [1.54, 1.807) is 18.6 Å². The van der Waals surface area contributed by atoms with Crippen molar-refractivity contribution in [1.29, 1.82) is 0 Å². The van der Waals surface area contributed by atoms with Gasteiger partial charge in [0, 0.05) is 50.5 Å². The van der Waals surface area contributed by atoms with Gasteiger partial charge in [-0.15, -0.1) is 0 Å². The van der Waals surface area contributed by atoms with Crippen LogP contribution < -0.4 is 4.90 Å². The summed E-state index contributed by atoms with van der Waals surface area (Å²) in [5.74, 6) is 0.0257. The molecule has 3 aromatic heterocycles. The maximum Gasteiger partial charge on any atom is 0.256 e. The molecule has 0 saturated carbocycles. The van der Waals surface area contributed by atoms with Gasteiger partial charge in [-0.3, -0.25) is 9.78 Å². The number of hydrogen-bond acceptors (Lipinski definition) is 5. The zero-order valence-electron chi connectivity index (χ0n) is 13.4. The quantitative estimate of drug-likeness (QED) is 0.776. The lowest BCUT2D eigenvalue weighted by Crippen LogP contribution is -2.49. The maximum absolute atomic E-state index is 12.8. The molecule has 7 heteroatoms. The predicted molar refractivity (Wildman–Crippen MR) is 91.0 cm³/mol. The Labute approximate surface area is 139 Å². The van der Waals surface area contributed by atoms with Crippen molar-refractivity contribution < 1.29 is 4.79 Å². The Morgan fingerprint density at radius 2 is 1.96 bits per heavy atom. The van der Waals surface area contributed by atoms with E-state index >= 15 is 0 Å². The van der Waals surface area contributed by atoms with Gasteiger partial charge in [-0.1, -0.05) is 0 Å². The summed E-state index contributed by atoms with van der Waals surface area (Å²) in [4.78, 5) is 32.5.